The Kier molecular flexibility index (Phi) is 7.83. The lowest BCUT2D eigenvalue weighted by Gasteiger charge is -2.35. The Morgan fingerprint density at radius 3 is 1.77 bits per heavy atom. The molecule has 2 aliphatic heterocycles. The van der Waals surface area contributed by atoms with Gasteiger partial charge < -0.3 is 4.57 Å². The van der Waals surface area contributed by atoms with Gasteiger partial charge in [0.05, 0.1) is 5.52 Å². The third kappa shape index (κ3) is 5.56. The Morgan fingerprint density at radius 2 is 1.16 bits per heavy atom. The molecule has 8 aromatic rings. The zero-order valence-corrected chi connectivity index (χ0v) is 34.2. The minimum Gasteiger partial charge on any atom is -0.310 e. The van der Waals surface area contributed by atoms with E-state index in [-0.39, 0.29) is 17.5 Å². The lowest BCUT2D eigenvalue weighted by molar-refractivity contribution is 0.590. The van der Waals surface area contributed by atoms with E-state index in [0.717, 1.165) is 16.7 Å². The van der Waals surface area contributed by atoms with Crippen molar-refractivity contribution in [2.24, 2.45) is 0 Å². The van der Waals surface area contributed by atoms with E-state index >= 15 is 0 Å². The fourth-order valence-corrected chi connectivity index (χ4v) is 9.81. The van der Waals surface area contributed by atoms with Crippen LogP contribution in [0.1, 0.15) is 78.0 Å². The van der Waals surface area contributed by atoms with Gasteiger partial charge in [-0.3, -0.25) is 0 Å². The van der Waals surface area contributed by atoms with Gasteiger partial charge in [-0.15, -0.1) is 0 Å². The van der Waals surface area contributed by atoms with E-state index in [0.29, 0.717) is 23.4 Å². The quantitative estimate of drug-likeness (QED) is 0.168. The second-order valence-electron chi connectivity index (χ2n) is 18.0. The number of nitrogens with zero attached hydrogens (tertiary/aromatic N) is 4. The van der Waals surface area contributed by atoms with Gasteiger partial charge in [0.15, 0.2) is 17.5 Å². The van der Waals surface area contributed by atoms with Crippen molar-refractivity contribution in [1.29, 1.82) is 0 Å². The summed E-state index contributed by atoms with van der Waals surface area (Å²) in [5, 5.41) is 2.67. The number of hydrogen-bond acceptors (Lipinski definition) is 4. The van der Waals surface area contributed by atoms with E-state index in [2.05, 4.69) is 145 Å². The molecule has 0 spiro atoms. The molecule has 10 rings (SSSR count). The van der Waals surface area contributed by atoms with Crippen LogP contribution in [-0.2, 0) is 10.8 Å². The first-order valence-corrected chi connectivity index (χ1v) is 20.7. The highest BCUT2D eigenvalue weighted by Crippen LogP contribution is 2.43. The molecule has 4 nitrogen and oxygen atoms in total. The highest BCUT2D eigenvalue weighted by molar-refractivity contribution is 8.00. The molecule has 0 bridgehead atoms. The zero-order chi connectivity index (χ0) is 38.7. The monoisotopic (exact) mass is 744 g/mol. The zero-order valence-electron chi connectivity index (χ0n) is 33.4. The molecule has 0 aliphatic carbocycles. The van der Waals surface area contributed by atoms with Gasteiger partial charge in [0.25, 0.3) is 0 Å². The summed E-state index contributed by atoms with van der Waals surface area (Å²) in [5.74, 6) is 2.42. The van der Waals surface area contributed by atoms with Gasteiger partial charge in [0, 0.05) is 48.5 Å². The lowest BCUT2D eigenvalue weighted by Crippen LogP contribution is -2.59. The molecule has 6 heteroatoms. The second kappa shape index (κ2) is 12.5. The van der Waals surface area contributed by atoms with Crippen LogP contribution < -0.4 is 16.4 Å². The van der Waals surface area contributed by atoms with Crippen LogP contribution in [0, 0.1) is 0 Å². The predicted octanol–water partition coefficient (Wildman–Crippen LogP) is 11.0. The van der Waals surface area contributed by atoms with E-state index in [1.807, 2.05) is 48.2 Å². The molecule has 6 aromatic carbocycles. The highest BCUT2D eigenvalue weighted by Gasteiger charge is 2.41. The van der Waals surface area contributed by atoms with Crippen LogP contribution in [-0.4, -0.2) is 26.2 Å². The van der Waals surface area contributed by atoms with Gasteiger partial charge in [-0.2, -0.15) is 0 Å². The lowest BCUT2D eigenvalue weighted by atomic mass is 9.35. The molecule has 0 fully saturated rings. The highest BCUT2D eigenvalue weighted by atomic mass is 32.2. The molecule has 0 saturated carbocycles. The van der Waals surface area contributed by atoms with Crippen molar-refractivity contribution >= 4 is 56.7 Å². The Balaban J connectivity index is 1.26. The molecule has 2 aromatic heterocycles. The summed E-state index contributed by atoms with van der Waals surface area (Å²) >= 11 is 1.91. The maximum Gasteiger partial charge on any atom is 0.249 e. The van der Waals surface area contributed by atoms with Crippen LogP contribution >= 0.6 is 11.8 Å². The summed E-state index contributed by atoms with van der Waals surface area (Å²) in [7, 11) is 0. The van der Waals surface area contributed by atoms with Gasteiger partial charge in [0.1, 0.15) is 0 Å². The van der Waals surface area contributed by atoms with Crippen LogP contribution in [0.25, 0.3) is 61.7 Å². The largest absolute Gasteiger partial charge is 0.310 e. The van der Waals surface area contributed by atoms with Gasteiger partial charge in [-0.05, 0) is 80.8 Å². The van der Waals surface area contributed by atoms with Crippen LogP contribution in [0.5, 0.6) is 0 Å². The van der Waals surface area contributed by atoms with Crippen molar-refractivity contribution in [3.63, 3.8) is 0 Å². The molecule has 4 heterocycles. The molecule has 0 unspecified atom stereocenters. The fourth-order valence-electron chi connectivity index (χ4n) is 8.62. The second-order valence-corrected chi connectivity index (χ2v) is 19.0. The molecule has 0 radical (unpaired) electrons. The SMILES string of the molecule is CC(C)c1cc2c3c(c1)-n1c4ccc(C(C)(C)C)cc4c4cc(C(C)(C)C)cc(c41)B3c1cc(-c3nc(-c4ccccc4)nc(-c4ccccc4)n3)ccc1S2. The van der Waals surface area contributed by atoms with Crippen molar-refractivity contribution < 1.29 is 0 Å². The molecular weight excluding hydrogens is 699 g/mol. The van der Waals surface area contributed by atoms with Crippen molar-refractivity contribution in [3.8, 4) is 39.9 Å². The number of benzene rings is 6. The summed E-state index contributed by atoms with van der Waals surface area (Å²) in [5.41, 5.74) is 15.0. The number of fused-ring (bicyclic) bond motifs is 7. The van der Waals surface area contributed by atoms with Crippen molar-refractivity contribution in [3.05, 3.63) is 138 Å². The average molecular weight is 745 g/mol. The minimum absolute atomic E-state index is 0.0357. The maximum atomic E-state index is 5.15. The Morgan fingerprint density at radius 1 is 0.554 bits per heavy atom. The first-order valence-electron chi connectivity index (χ1n) is 19.8. The number of rotatable bonds is 4. The molecular formula is C50H45BN4S. The average Bonchev–Trinajstić information content (AvgIpc) is 3.53. The van der Waals surface area contributed by atoms with E-state index in [4.69, 9.17) is 15.0 Å². The van der Waals surface area contributed by atoms with Gasteiger partial charge in [-0.25, -0.2) is 15.0 Å². The smallest absolute Gasteiger partial charge is 0.249 e. The number of aromatic nitrogens is 4. The van der Waals surface area contributed by atoms with E-state index in [1.54, 1.807) is 0 Å². The van der Waals surface area contributed by atoms with Crippen LogP contribution in [0.3, 0.4) is 0 Å². The normalized spacial score (nSPS) is 13.4. The summed E-state index contributed by atoms with van der Waals surface area (Å²) in [4.78, 5) is 17.9. The molecule has 0 saturated heterocycles. The Bertz CT molecular complexity index is 2820. The van der Waals surface area contributed by atoms with Gasteiger partial charge in [-0.1, -0.05) is 158 Å². The van der Waals surface area contributed by atoms with Crippen LogP contribution in [0.4, 0.5) is 0 Å². The molecule has 2 aliphatic rings. The van der Waals surface area contributed by atoms with Gasteiger partial charge in [0.2, 0.25) is 6.71 Å². The van der Waals surface area contributed by atoms with Gasteiger partial charge >= 0.3 is 0 Å². The first kappa shape index (κ1) is 35.0. The molecule has 0 N–H and O–H groups in total. The van der Waals surface area contributed by atoms with Crippen LogP contribution in [0.2, 0.25) is 0 Å². The van der Waals surface area contributed by atoms with Crippen molar-refractivity contribution in [2.75, 3.05) is 0 Å². The summed E-state index contributed by atoms with van der Waals surface area (Å²) in [6.45, 7) is 18.6. The number of hydrogen-bond donors (Lipinski definition) is 0. The summed E-state index contributed by atoms with van der Waals surface area (Å²) < 4.78 is 2.60. The maximum absolute atomic E-state index is 5.15. The third-order valence-corrected chi connectivity index (χ3v) is 12.9. The predicted molar refractivity (Wildman–Crippen MR) is 237 cm³/mol. The standard InChI is InChI=1S/C50H45BN4S/c1-29(2)33-24-41-44-43(25-33)56-42-22-19-32(48-53-46(30-15-11-9-12-16-30)52-47(54-48)31-17-13-10-14-18-31)23-38(42)51(44)39-28-35(50(6,7)8)27-37-36-26-34(49(3,4)5)20-21-40(36)55(41)45(37)39/h9-29H,1-8H3. The van der Waals surface area contributed by atoms with Crippen molar-refractivity contribution in [2.45, 2.75) is 81.9 Å². The minimum atomic E-state index is -0.0357. The summed E-state index contributed by atoms with van der Waals surface area (Å²) in [6.07, 6.45) is 0. The Hall–Kier alpha value is -5.46. The Labute approximate surface area is 334 Å². The van der Waals surface area contributed by atoms with E-state index in [1.165, 1.54) is 70.4 Å². The van der Waals surface area contributed by atoms with E-state index < -0.39 is 0 Å². The fraction of sp³-hybridized carbons (Fsp3) is 0.220. The topological polar surface area (TPSA) is 43.6 Å². The van der Waals surface area contributed by atoms with Crippen LogP contribution in [0.15, 0.2) is 131 Å². The molecule has 56 heavy (non-hydrogen) atoms. The van der Waals surface area contributed by atoms with E-state index in [9.17, 15) is 0 Å². The van der Waals surface area contributed by atoms with Crippen molar-refractivity contribution in [1.82, 2.24) is 19.5 Å². The first-order chi connectivity index (χ1) is 26.8. The molecule has 274 valence electrons. The molecule has 0 amide bonds. The third-order valence-electron chi connectivity index (χ3n) is 11.8. The molecule has 0 atom stereocenters. The summed E-state index contributed by atoms with van der Waals surface area (Å²) in [6, 6.07) is 44.5.